The standard InChI is InChI=1S/C14H24O2/c1-10(2)14(15)16-13-8-7-11-5-3-4-6-12(11)9-13/h10-13H,3-9H2,1-2H3/t11-,12-,13+/m1/s1. The summed E-state index contributed by atoms with van der Waals surface area (Å²) in [4.78, 5) is 11.5. The molecule has 2 nitrogen and oxygen atoms in total. The number of esters is 1. The van der Waals surface area contributed by atoms with Crippen LogP contribution in [0.3, 0.4) is 0 Å². The highest BCUT2D eigenvalue weighted by atomic mass is 16.5. The Hall–Kier alpha value is -0.530. The Bertz CT molecular complexity index is 247. The maximum Gasteiger partial charge on any atom is 0.308 e. The molecule has 0 aromatic rings. The smallest absolute Gasteiger partial charge is 0.308 e. The van der Waals surface area contributed by atoms with Gasteiger partial charge in [-0.2, -0.15) is 0 Å². The molecule has 0 aliphatic heterocycles. The molecule has 0 spiro atoms. The van der Waals surface area contributed by atoms with Gasteiger partial charge in [0, 0.05) is 0 Å². The molecule has 0 aromatic carbocycles. The fraction of sp³-hybridized carbons (Fsp3) is 0.929. The van der Waals surface area contributed by atoms with Crippen LogP contribution in [0.2, 0.25) is 0 Å². The SMILES string of the molecule is CC(C)C(=O)O[C@H]1CC[C@H]2CCCC[C@@H]2C1. The quantitative estimate of drug-likeness (QED) is 0.671. The predicted molar refractivity (Wildman–Crippen MR) is 64.0 cm³/mol. The van der Waals surface area contributed by atoms with Crippen molar-refractivity contribution >= 4 is 5.97 Å². The Morgan fingerprint density at radius 1 is 1.06 bits per heavy atom. The van der Waals surface area contributed by atoms with E-state index in [9.17, 15) is 4.79 Å². The van der Waals surface area contributed by atoms with Gasteiger partial charge in [-0.25, -0.2) is 0 Å². The number of rotatable bonds is 2. The van der Waals surface area contributed by atoms with E-state index in [1.807, 2.05) is 13.8 Å². The average Bonchev–Trinajstić information content (AvgIpc) is 2.28. The molecule has 0 amide bonds. The molecular weight excluding hydrogens is 200 g/mol. The monoisotopic (exact) mass is 224 g/mol. The van der Waals surface area contributed by atoms with Gasteiger partial charge in [-0.05, 0) is 31.1 Å². The van der Waals surface area contributed by atoms with E-state index in [0.29, 0.717) is 0 Å². The van der Waals surface area contributed by atoms with E-state index >= 15 is 0 Å². The van der Waals surface area contributed by atoms with Gasteiger partial charge >= 0.3 is 5.97 Å². The van der Waals surface area contributed by atoms with E-state index in [1.54, 1.807) is 0 Å². The second-order valence-electron chi connectivity index (χ2n) is 5.83. The Morgan fingerprint density at radius 3 is 2.44 bits per heavy atom. The summed E-state index contributed by atoms with van der Waals surface area (Å²) in [5.74, 6) is 1.78. The zero-order chi connectivity index (χ0) is 11.5. The molecule has 0 saturated heterocycles. The first-order chi connectivity index (χ1) is 7.66. The van der Waals surface area contributed by atoms with Gasteiger partial charge < -0.3 is 4.74 Å². The van der Waals surface area contributed by atoms with Gasteiger partial charge in [-0.1, -0.05) is 39.5 Å². The van der Waals surface area contributed by atoms with Crippen LogP contribution in [-0.4, -0.2) is 12.1 Å². The Morgan fingerprint density at radius 2 is 1.75 bits per heavy atom. The molecule has 0 aromatic heterocycles. The molecule has 2 aliphatic rings. The highest BCUT2D eigenvalue weighted by Crippen LogP contribution is 2.41. The number of carbonyl (C=O) groups is 1. The summed E-state index contributed by atoms with van der Waals surface area (Å²) >= 11 is 0. The van der Waals surface area contributed by atoms with Crippen LogP contribution in [-0.2, 0) is 9.53 Å². The largest absolute Gasteiger partial charge is 0.462 e. The summed E-state index contributed by atoms with van der Waals surface area (Å²) in [6, 6.07) is 0. The molecule has 0 unspecified atom stereocenters. The summed E-state index contributed by atoms with van der Waals surface area (Å²) in [5.41, 5.74) is 0. The van der Waals surface area contributed by atoms with Crippen LogP contribution in [0.25, 0.3) is 0 Å². The lowest BCUT2D eigenvalue weighted by atomic mass is 9.70. The highest BCUT2D eigenvalue weighted by molar-refractivity contribution is 5.71. The molecule has 0 heterocycles. The van der Waals surface area contributed by atoms with Crippen molar-refractivity contribution in [3.8, 4) is 0 Å². The number of carbonyl (C=O) groups excluding carboxylic acids is 1. The molecule has 2 aliphatic carbocycles. The van der Waals surface area contributed by atoms with E-state index in [2.05, 4.69) is 0 Å². The minimum atomic E-state index is -0.0146. The summed E-state index contributed by atoms with van der Waals surface area (Å²) < 4.78 is 5.56. The number of ether oxygens (including phenoxy) is 1. The van der Waals surface area contributed by atoms with Crippen molar-refractivity contribution in [1.82, 2.24) is 0 Å². The minimum Gasteiger partial charge on any atom is -0.462 e. The summed E-state index contributed by atoms with van der Waals surface area (Å²) in [6.45, 7) is 3.82. The third kappa shape index (κ3) is 2.78. The lowest BCUT2D eigenvalue weighted by Crippen LogP contribution is -2.33. The molecular formula is C14H24O2. The van der Waals surface area contributed by atoms with Gasteiger partial charge in [0.15, 0.2) is 0 Å². The van der Waals surface area contributed by atoms with Crippen LogP contribution in [0, 0.1) is 17.8 Å². The maximum absolute atomic E-state index is 11.5. The van der Waals surface area contributed by atoms with Crippen molar-refractivity contribution in [3.63, 3.8) is 0 Å². The van der Waals surface area contributed by atoms with Crippen molar-refractivity contribution in [2.24, 2.45) is 17.8 Å². The van der Waals surface area contributed by atoms with Crippen LogP contribution in [0.15, 0.2) is 0 Å². The molecule has 0 radical (unpaired) electrons. The van der Waals surface area contributed by atoms with Crippen molar-refractivity contribution in [2.45, 2.75) is 64.9 Å². The first-order valence-electron chi connectivity index (χ1n) is 6.87. The van der Waals surface area contributed by atoms with Gasteiger partial charge in [-0.3, -0.25) is 4.79 Å². The summed E-state index contributed by atoms with van der Waals surface area (Å²) in [6.07, 6.45) is 9.29. The zero-order valence-electron chi connectivity index (χ0n) is 10.6. The molecule has 16 heavy (non-hydrogen) atoms. The summed E-state index contributed by atoms with van der Waals surface area (Å²) in [7, 11) is 0. The number of fused-ring (bicyclic) bond motifs is 1. The predicted octanol–water partition coefficient (Wildman–Crippen LogP) is 3.54. The summed E-state index contributed by atoms with van der Waals surface area (Å²) in [5, 5.41) is 0. The topological polar surface area (TPSA) is 26.3 Å². The van der Waals surface area contributed by atoms with E-state index in [4.69, 9.17) is 4.74 Å². The number of hydrogen-bond acceptors (Lipinski definition) is 2. The van der Waals surface area contributed by atoms with E-state index in [0.717, 1.165) is 24.7 Å². The fourth-order valence-electron chi connectivity index (χ4n) is 3.24. The zero-order valence-corrected chi connectivity index (χ0v) is 10.6. The molecule has 0 bridgehead atoms. The van der Waals surface area contributed by atoms with Gasteiger partial charge in [0.1, 0.15) is 6.10 Å². The minimum absolute atomic E-state index is 0.0146. The van der Waals surface area contributed by atoms with Crippen molar-refractivity contribution in [2.75, 3.05) is 0 Å². The molecule has 0 N–H and O–H groups in total. The Labute approximate surface area is 98.7 Å². The van der Waals surface area contributed by atoms with E-state index < -0.39 is 0 Å². The molecule has 92 valence electrons. The lowest BCUT2D eigenvalue weighted by molar-refractivity contribution is -0.156. The highest BCUT2D eigenvalue weighted by Gasteiger charge is 2.33. The number of hydrogen-bond donors (Lipinski definition) is 0. The van der Waals surface area contributed by atoms with Gasteiger partial charge in [0.25, 0.3) is 0 Å². The van der Waals surface area contributed by atoms with Crippen molar-refractivity contribution < 1.29 is 9.53 Å². The van der Waals surface area contributed by atoms with Crippen LogP contribution < -0.4 is 0 Å². The van der Waals surface area contributed by atoms with Crippen LogP contribution in [0.1, 0.15) is 58.8 Å². The maximum atomic E-state index is 11.5. The Kier molecular flexibility index (Phi) is 3.88. The van der Waals surface area contributed by atoms with Gasteiger partial charge in [-0.15, -0.1) is 0 Å². The third-order valence-electron chi connectivity index (χ3n) is 4.25. The van der Waals surface area contributed by atoms with Gasteiger partial charge in [0.05, 0.1) is 5.92 Å². The average molecular weight is 224 g/mol. The first-order valence-corrected chi connectivity index (χ1v) is 6.87. The lowest BCUT2D eigenvalue weighted by Gasteiger charge is -2.39. The molecule has 3 atom stereocenters. The van der Waals surface area contributed by atoms with Crippen molar-refractivity contribution in [1.29, 1.82) is 0 Å². The van der Waals surface area contributed by atoms with Crippen molar-refractivity contribution in [3.05, 3.63) is 0 Å². The molecule has 2 fully saturated rings. The van der Waals surface area contributed by atoms with Crippen LogP contribution >= 0.6 is 0 Å². The van der Waals surface area contributed by atoms with E-state index in [1.165, 1.54) is 32.1 Å². The van der Waals surface area contributed by atoms with Crippen LogP contribution in [0.4, 0.5) is 0 Å². The van der Waals surface area contributed by atoms with Gasteiger partial charge in [0.2, 0.25) is 0 Å². The van der Waals surface area contributed by atoms with Crippen LogP contribution in [0.5, 0.6) is 0 Å². The second-order valence-corrected chi connectivity index (χ2v) is 5.83. The van der Waals surface area contributed by atoms with E-state index in [-0.39, 0.29) is 18.0 Å². The molecule has 2 rings (SSSR count). The Balaban J connectivity index is 1.83. The second kappa shape index (κ2) is 5.20. The molecule has 2 saturated carbocycles. The first kappa shape index (κ1) is 11.9. The molecule has 2 heteroatoms. The fourth-order valence-corrected chi connectivity index (χ4v) is 3.24. The normalized spacial score (nSPS) is 34.6. The third-order valence-corrected chi connectivity index (χ3v) is 4.25.